The lowest BCUT2D eigenvalue weighted by atomic mass is 9.89. The first-order chi connectivity index (χ1) is 9.56. The quantitative estimate of drug-likeness (QED) is 0.896. The molecule has 1 aliphatic rings. The van der Waals surface area contributed by atoms with Gasteiger partial charge in [-0.2, -0.15) is 0 Å². The number of rotatable bonds is 5. The molecule has 0 spiro atoms. The molecule has 1 N–H and O–H groups in total. The van der Waals surface area contributed by atoms with Crippen molar-refractivity contribution in [3.05, 3.63) is 35.1 Å². The van der Waals surface area contributed by atoms with Gasteiger partial charge in [0.15, 0.2) is 0 Å². The Balaban J connectivity index is 1.95. The first-order valence-corrected chi connectivity index (χ1v) is 7.26. The summed E-state index contributed by atoms with van der Waals surface area (Å²) in [5.74, 6) is -1.14. The van der Waals surface area contributed by atoms with Crippen LogP contribution in [0, 0.1) is 11.7 Å². The van der Waals surface area contributed by atoms with Gasteiger partial charge in [0.25, 0.3) is 0 Å². The van der Waals surface area contributed by atoms with Gasteiger partial charge in [0.2, 0.25) is 0 Å². The van der Waals surface area contributed by atoms with Crippen LogP contribution in [0.1, 0.15) is 48.0 Å². The summed E-state index contributed by atoms with van der Waals surface area (Å²) in [5.41, 5.74) is 0.607. The van der Waals surface area contributed by atoms with Gasteiger partial charge in [-0.15, -0.1) is 0 Å². The third-order valence-corrected chi connectivity index (χ3v) is 4.01. The zero-order valence-corrected chi connectivity index (χ0v) is 11.9. The maximum Gasteiger partial charge on any atom is 0.338 e. The predicted molar refractivity (Wildman–Crippen MR) is 76.3 cm³/mol. The lowest BCUT2D eigenvalue weighted by molar-refractivity contribution is 0.0691. The molecular formula is C16H22FNO2. The van der Waals surface area contributed by atoms with Crippen LogP contribution in [0.15, 0.2) is 18.2 Å². The van der Waals surface area contributed by atoms with Crippen molar-refractivity contribution in [2.24, 2.45) is 5.92 Å². The molecule has 0 unspecified atom stereocenters. The van der Waals surface area contributed by atoms with Crippen LogP contribution in [-0.2, 0) is 6.54 Å². The molecule has 0 radical (unpaired) electrons. The highest BCUT2D eigenvalue weighted by Gasteiger charge is 2.16. The van der Waals surface area contributed by atoms with Gasteiger partial charge in [-0.1, -0.05) is 25.3 Å². The monoisotopic (exact) mass is 279 g/mol. The summed E-state index contributed by atoms with van der Waals surface area (Å²) in [7, 11) is 2.04. The molecule has 110 valence electrons. The van der Waals surface area contributed by atoms with E-state index >= 15 is 0 Å². The van der Waals surface area contributed by atoms with Crippen LogP contribution >= 0.6 is 0 Å². The van der Waals surface area contributed by atoms with Gasteiger partial charge in [0.05, 0.1) is 5.56 Å². The van der Waals surface area contributed by atoms with Crippen molar-refractivity contribution < 1.29 is 14.3 Å². The van der Waals surface area contributed by atoms with Crippen LogP contribution in [-0.4, -0.2) is 29.6 Å². The lowest BCUT2D eigenvalue weighted by Crippen LogP contribution is -2.26. The van der Waals surface area contributed by atoms with E-state index in [0.29, 0.717) is 6.54 Å². The minimum Gasteiger partial charge on any atom is -0.478 e. The summed E-state index contributed by atoms with van der Waals surface area (Å²) in [6.45, 7) is 1.69. The van der Waals surface area contributed by atoms with Gasteiger partial charge in [-0.25, -0.2) is 9.18 Å². The van der Waals surface area contributed by atoms with E-state index in [1.54, 1.807) is 6.07 Å². The van der Waals surface area contributed by atoms with Gasteiger partial charge in [-0.3, -0.25) is 0 Å². The maximum atomic E-state index is 13.3. The van der Waals surface area contributed by atoms with Crippen molar-refractivity contribution in [2.75, 3.05) is 13.6 Å². The number of carboxylic acids is 1. The average Bonchev–Trinajstić information content (AvgIpc) is 2.41. The summed E-state index contributed by atoms with van der Waals surface area (Å²) in [6.07, 6.45) is 6.55. The molecule has 1 aliphatic carbocycles. The molecule has 0 aromatic heterocycles. The standard InChI is InChI=1S/C16H22FNO2/c1-18(10-12-5-3-2-4-6-12)11-13-7-8-15(17)14(9-13)16(19)20/h7-9,12H,2-6,10-11H2,1H3,(H,19,20). The van der Waals surface area contributed by atoms with Gasteiger partial charge in [0.1, 0.15) is 5.82 Å². The Morgan fingerprint density at radius 1 is 1.35 bits per heavy atom. The molecule has 1 fully saturated rings. The van der Waals surface area contributed by atoms with Gasteiger partial charge in [0, 0.05) is 13.1 Å². The van der Waals surface area contributed by atoms with Crippen molar-refractivity contribution in [3.8, 4) is 0 Å². The van der Waals surface area contributed by atoms with Crippen LogP contribution < -0.4 is 0 Å². The SMILES string of the molecule is CN(Cc1ccc(F)c(C(=O)O)c1)CC1CCCCC1. The van der Waals surface area contributed by atoms with Gasteiger partial charge < -0.3 is 10.0 Å². The molecule has 0 atom stereocenters. The maximum absolute atomic E-state index is 13.3. The number of nitrogens with zero attached hydrogens (tertiary/aromatic N) is 1. The molecule has 0 saturated heterocycles. The highest BCUT2D eigenvalue weighted by atomic mass is 19.1. The third kappa shape index (κ3) is 4.04. The van der Waals surface area contributed by atoms with E-state index < -0.39 is 11.8 Å². The van der Waals surface area contributed by atoms with E-state index in [1.807, 2.05) is 7.05 Å². The number of carbonyl (C=O) groups is 1. The fraction of sp³-hybridized carbons (Fsp3) is 0.562. The lowest BCUT2D eigenvalue weighted by Gasteiger charge is -2.27. The van der Waals surface area contributed by atoms with E-state index in [-0.39, 0.29) is 5.56 Å². The molecule has 3 nitrogen and oxygen atoms in total. The van der Waals surface area contributed by atoms with Gasteiger partial charge >= 0.3 is 5.97 Å². The van der Waals surface area contributed by atoms with Crippen molar-refractivity contribution in [1.29, 1.82) is 0 Å². The number of hydrogen-bond acceptors (Lipinski definition) is 2. The number of benzene rings is 1. The molecule has 0 bridgehead atoms. The predicted octanol–water partition coefficient (Wildman–Crippen LogP) is 3.54. The van der Waals surface area contributed by atoms with Crippen molar-refractivity contribution in [2.45, 2.75) is 38.6 Å². The molecular weight excluding hydrogens is 257 g/mol. The second-order valence-corrected chi connectivity index (χ2v) is 5.82. The van der Waals surface area contributed by atoms with Crippen LogP contribution in [0.3, 0.4) is 0 Å². The molecule has 0 aliphatic heterocycles. The van der Waals surface area contributed by atoms with Crippen molar-refractivity contribution in [1.82, 2.24) is 4.90 Å². The zero-order valence-electron chi connectivity index (χ0n) is 11.9. The number of halogens is 1. The van der Waals surface area contributed by atoms with Crippen LogP contribution in [0.4, 0.5) is 4.39 Å². The first-order valence-electron chi connectivity index (χ1n) is 7.26. The highest BCUT2D eigenvalue weighted by molar-refractivity contribution is 5.88. The Labute approximate surface area is 119 Å². The summed E-state index contributed by atoms with van der Waals surface area (Å²) < 4.78 is 13.3. The summed E-state index contributed by atoms with van der Waals surface area (Å²) >= 11 is 0. The van der Waals surface area contributed by atoms with Crippen LogP contribution in [0.5, 0.6) is 0 Å². The molecule has 1 aromatic rings. The second kappa shape index (κ2) is 6.84. The fourth-order valence-electron chi connectivity index (χ4n) is 3.02. The van der Waals surface area contributed by atoms with Crippen molar-refractivity contribution >= 4 is 5.97 Å². The van der Waals surface area contributed by atoms with E-state index in [4.69, 9.17) is 5.11 Å². The zero-order chi connectivity index (χ0) is 14.5. The molecule has 20 heavy (non-hydrogen) atoms. The number of carboxylic acid groups (broad SMARTS) is 1. The Bertz CT molecular complexity index is 470. The molecule has 1 saturated carbocycles. The molecule has 1 aromatic carbocycles. The first kappa shape index (κ1) is 15.0. The number of aromatic carboxylic acids is 1. The van der Waals surface area contributed by atoms with E-state index in [1.165, 1.54) is 44.2 Å². The van der Waals surface area contributed by atoms with Crippen LogP contribution in [0.2, 0.25) is 0 Å². The Morgan fingerprint density at radius 3 is 2.70 bits per heavy atom. The van der Waals surface area contributed by atoms with Crippen molar-refractivity contribution in [3.63, 3.8) is 0 Å². The van der Waals surface area contributed by atoms with E-state index in [0.717, 1.165) is 18.0 Å². The van der Waals surface area contributed by atoms with E-state index in [9.17, 15) is 9.18 Å². The third-order valence-electron chi connectivity index (χ3n) is 4.01. The largest absolute Gasteiger partial charge is 0.478 e. The second-order valence-electron chi connectivity index (χ2n) is 5.82. The Kier molecular flexibility index (Phi) is 5.12. The Morgan fingerprint density at radius 2 is 2.05 bits per heavy atom. The summed E-state index contributed by atoms with van der Waals surface area (Å²) in [4.78, 5) is 13.1. The summed E-state index contributed by atoms with van der Waals surface area (Å²) in [5, 5.41) is 8.93. The number of hydrogen-bond donors (Lipinski definition) is 1. The highest BCUT2D eigenvalue weighted by Crippen LogP contribution is 2.24. The van der Waals surface area contributed by atoms with E-state index in [2.05, 4.69) is 4.90 Å². The average molecular weight is 279 g/mol. The smallest absolute Gasteiger partial charge is 0.338 e. The molecule has 4 heteroatoms. The topological polar surface area (TPSA) is 40.5 Å². The summed E-state index contributed by atoms with van der Waals surface area (Å²) in [6, 6.07) is 4.35. The molecule has 0 heterocycles. The normalized spacial score (nSPS) is 16.6. The minimum absolute atomic E-state index is 0.242. The fourth-order valence-corrected chi connectivity index (χ4v) is 3.02. The van der Waals surface area contributed by atoms with Crippen LogP contribution in [0.25, 0.3) is 0 Å². The minimum atomic E-state index is -1.21. The van der Waals surface area contributed by atoms with Gasteiger partial charge in [-0.05, 0) is 43.5 Å². The molecule has 2 rings (SSSR count). The Hall–Kier alpha value is -1.42. The molecule has 0 amide bonds.